The molecule has 1 heterocycles. The Labute approximate surface area is 111 Å². The van der Waals surface area contributed by atoms with Crippen molar-refractivity contribution in [3.8, 4) is 0 Å². The van der Waals surface area contributed by atoms with Crippen LogP contribution >= 0.6 is 58.2 Å². The molecule has 6 heteroatoms. The van der Waals surface area contributed by atoms with Crippen LogP contribution in [0.3, 0.4) is 0 Å². The summed E-state index contributed by atoms with van der Waals surface area (Å²) in [5.41, 5.74) is 0.449. The van der Waals surface area contributed by atoms with E-state index in [9.17, 15) is 4.79 Å². The van der Waals surface area contributed by atoms with Crippen LogP contribution in [0.1, 0.15) is 10.4 Å². The molecule has 1 aromatic rings. The summed E-state index contributed by atoms with van der Waals surface area (Å²) in [6.07, 6.45) is 0. The maximum atomic E-state index is 11.9. The number of fused-ring (bicyclic) bond motifs is 1. The van der Waals surface area contributed by atoms with Gasteiger partial charge in [-0.2, -0.15) is 0 Å². The first-order chi connectivity index (χ1) is 6.86. The summed E-state index contributed by atoms with van der Waals surface area (Å²) in [6, 6.07) is 6.92. The molecule has 0 aromatic heterocycles. The second-order valence-corrected chi connectivity index (χ2v) is 7.38. The zero-order valence-electron chi connectivity index (χ0n) is 7.14. The maximum absolute atomic E-state index is 11.9. The molecule has 0 bridgehead atoms. The minimum absolute atomic E-state index is 0.449. The van der Waals surface area contributed by atoms with Crippen LogP contribution in [0.2, 0.25) is 0 Å². The molecule has 15 heavy (non-hydrogen) atoms. The molecule has 0 saturated heterocycles. The number of rotatable bonds is 0. The first kappa shape index (κ1) is 11.9. The zero-order valence-corrected chi connectivity index (χ0v) is 11.0. The molecular weight excluding hydrogens is 298 g/mol. The van der Waals surface area contributed by atoms with Gasteiger partial charge in [-0.3, -0.25) is 4.79 Å². The predicted octanol–water partition coefficient (Wildman–Crippen LogP) is 4.28. The maximum Gasteiger partial charge on any atom is 0.222 e. The second kappa shape index (κ2) is 3.71. The lowest BCUT2D eigenvalue weighted by Gasteiger charge is -2.35. The monoisotopic (exact) mass is 300 g/mol. The third-order valence-corrected chi connectivity index (χ3v) is 5.71. The van der Waals surface area contributed by atoms with Crippen LogP contribution in [0.5, 0.6) is 0 Å². The van der Waals surface area contributed by atoms with Gasteiger partial charge in [0.05, 0.1) is 0 Å². The Morgan fingerprint density at radius 1 is 1.07 bits per heavy atom. The lowest BCUT2D eigenvalue weighted by molar-refractivity contribution is 0.0969. The fraction of sp³-hybridized carbons (Fsp3) is 0.222. The van der Waals surface area contributed by atoms with E-state index in [0.717, 1.165) is 11.8 Å². The number of thioether (sulfide) groups is 1. The van der Waals surface area contributed by atoms with Gasteiger partial charge in [-0.1, -0.05) is 76.4 Å². The van der Waals surface area contributed by atoms with Crippen LogP contribution in [0.15, 0.2) is 29.2 Å². The molecule has 0 spiro atoms. The van der Waals surface area contributed by atoms with Gasteiger partial charge >= 0.3 is 0 Å². The van der Waals surface area contributed by atoms with Crippen molar-refractivity contribution in [1.82, 2.24) is 0 Å². The molecule has 0 N–H and O–H groups in total. The number of hydrogen-bond acceptors (Lipinski definition) is 2. The number of ketones is 1. The highest BCUT2D eigenvalue weighted by molar-refractivity contribution is 8.03. The summed E-state index contributed by atoms with van der Waals surface area (Å²) in [4.78, 5) is 12.6. The summed E-state index contributed by atoms with van der Waals surface area (Å²) >= 11 is 24.7. The van der Waals surface area contributed by atoms with Crippen molar-refractivity contribution in [3.63, 3.8) is 0 Å². The summed E-state index contributed by atoms with van der Waals surface area (Å²) in [5.74, 6) is -0.467. The van der Waals surface area contributed by atoms with Crippen LogP contribution in [0.25, 0.3) is 0 Å². The molecule has 0 unspecified atom stereocenters. The van der Waals surface area contributed by atoms with Gasteiger partial charge in [0.15, 0.2) is 0 Å². The standard InChI is InChI=1S/C9H4Cl4OS/c10-8(11)7(14)5-3-1-2-4-6(5)15-9(8,12)13/h1-4H. The van der Waals surface area contributed by atoms with Crippen molar-refractivity contribution in [3.05, 3.63) is 29.8 Å². The Hall–Kier alpha value is 0.400. The molecule has 0 radical (unpaired) electrons. The molecule has 2 rings (SSSR count). The average molecular weight is 302 g/mol. The van der Waals surface area contributed by atoms with E-state index < -0.39 is 13.8 Å². The number of carbonyl (C=O) groups is 1. The Morgan fingerprint density at radius 2 is 1.67 bits per heavy atom. The van der Waals surface area contributed by atoms with Crippen LogP contribution < -0.4 is 0 Å². The van der Waals surface area contributed by atoms with Gasteiger partial charge in [0.25, 0.3) is 0 Å². The Bertz CT molecular complexity index is 430. The molecule has 0 fully saturated rings. The molecule has 0 amide bonds. The Kier molecular flexibility index (Phi) is 2.94. The van der Waals surface area contributed by atoms with Gasteiger partial charge in [0, 0.05) is 10.5 Å². The number of alkyl halides is 4. The predicted molar refractivity (Wildman–Crippen MR) is 65.5 cm³/mol. The van der Waals surface area contributed by atoms with E-state index in [4.69, 9.17) is 46.4 Å². The van der Waals surface area contributed by atoms with Gasteiger partial charge in [-0.25, -0.2) is 0 Å². The van der Waals surface area contributed by atoms with Crippen molar-refractivity contribution in [2.45, 2.75) is 12.9 Å². The molecule has 1 aliphatic rings. The van der Waals surface area contributed by atoms with Gasteiger partial charge < -0.3 is 0 Å². The van der Waals surface area contributed by atoms with Crippen molar-refractivity contribution in [2.24, 2.45) is 0 Å². The van der Waals surface area contributed by atoms with Crippen molar-refractivity contribution >= 4 is 63.9 Å². The average Bonchev–Trinajstić information content (AvgIpc) is 2.15. The van der Waals surface area contributed by atoms with Gasteiger partial charge in [-0.15, -0.1) is 0 Å². The SMILES string of the molecule is O=C1c2ccccc2SC(Cl)(Cl)C1(Cl)Cl. The highest BCUT2D eigenvalue weighted by atomic mass is 35.5. The van der Waals surface area contributed by atoms with Crippen molar-refractivity contribution in [2.75, 3.05) is 0 Å². The molecule has 0 aliphatic carbocycles. The first-order valence-corrected chi connectivity index (χ1v) is 6.27. The highest BCUT2D eigenvalue weighted by Crippen LogP contribution is 2.58. The zero-order chi connectivity index (χ0) is 11.3. The normalized spacial score (nSPS) is 22.3. The van der Waals surface area contributed by atoms with E-state index in [1.807, 2.05) is 0 Å². The number of halogens is 4. The quantitative estimate of drug-likeness (QED) is 0.665. The van der Waals surface area contributed by atoms with E-state index >= 15 is 0 Å². The van der Waals surface area contributed by atoms with Crippen molar-refractivity contribution < 1.29 is 4.79 Å². The van der Waals surface area contributed by atoms with Crippen LogP contribution in [0, 0.1) is 0 Å². The number of carbonyl (C=O) groups excluding carboxylic acids is 1. The third kappa shape index (κ3) is 1.77. The van der Waals surface area contributed by atoms with Crippen LogP contribution in [-0.4, -0.2) is 13.8 Å². The lowest BCUT2D eigenvalue weighted by Crippen LogP contribution is -2.44. The number of hydrogen-bond donors (Lipinski definition) is 0. The molecule has 1 nitrogen and oxygen atoms in total. The minimum Gasteiger partial charge on any atom is -0.291 e. The second-order valence-electron chi connectivity index (χ2n) is 3.02. The fourth-order valence-corrected chi connectivity index (χ4v) is 3.27. The van der Waals surface area contributed by atoms with Gasteiger partial charge in [-0.05, 0) is 6.07 Å². The number of Topliss-reactive ketones (excluding diaryl/α,β-unsaturated/α-hetero) is 1. The Balaban J connectivity index is 2.61. The van der Waals surface area contributed by atoms with E-state index in [0.29, 0.717) is 10.5 Å². The largest absolute Gasteiger partial charge is 0.291 e. The van der Waals surface area contributed by atoms with Crippen LogP contribution in [-0.2, 0) is 0 Å². The summed E-state index contributed by atoms with van der Waals surface area (Å²) in [5, 5.41) is 0. The molecule has 80 valence electrons. The van der Waals surface area contributed by atoms with Gasteiger partial charge in [0.2, 0.25) is 13.8 Å². The van der Waals surface area contributed by atoms with E-state index in [2.05, 4.69) is 0 Å². The fourth-order valence-electron chi connectivity index (χ4n) is 1.25. The lowest BCUT2D eigenvalue weighted by atomic mass is 10.1. The molecule has 0 saturated carbocycles. The smallest absolute Gasteiger partial charge is 0.222 e. The minimum atomic E-state index is -1.82. The Morgan fingerprint density at radius 3 is 2.33 bits per heavy atom. The first-order valence-electron chi connectivity index (χ1n) is 3.95. The van der Waals surface area contributed by atoms with E-state index in [1.165, 1.54) is 0 Å². The molecular formula is C9H4Cl4OS. The van der Waals surface area contributed by atoms with E-state index in [1.54, 1.807) is 24.3 Å². The summed E-state index contributed by atoms with van der Waals surface area (Å²) in [6.45, 7) is 0. The van der Waals surface area contributed by atoms with E-state index in [-0.39, 0.29) is 0 Å². The molecule has 1 aliphatic heterocycles. The molecule has 1 aromatic carbocycles. The highest BCUT2D eigenvalue weighted by Gasteiger charge is 2.57. The summed E-state index contributed by atoms with van der Waals surface area (Å²) < 4.78 is -3.39. The van der Waals surface area contributed by atoms with Crippen molar-refractivity contribution in [1.29, 1.82) is 0 Å². The molecule has 0 atom stereocenters. The third-order valence-electron chi connectivity index (χ3n) is 2.02. The summed E-state index contributed by atoms with van der Waals surface area (Å²) in [7, 11) is 0. The van der Waals surface area contributed by atoms with Gasteiger partial charge in [0.1, 0.15) is 0 Å². The number of benzene rings is 1. The van der Waals surface area contributed by atoms with Crippen LogP contribution in [0.4, 0.5) is 0 Å². The topological polar surface area (TPSA) is 17.1 Å².